The highest BCUT2D eigenvalue weighted by Gasteiger charge is 2.36. The number of nitrogens with zero attached hydrogens (tertiary/aromatic N) is 4. The molecule has 6 nitrogen and oxygen atoms in total. The summed E-state index contributed by atoms with van der Waals surface area (Å²) in [4.78, 5) is 0. The standard InChI is InChI=1S/C11H11ClF3N5O/c1-21-9-3-2-8(17-18-9)16-4-5-20-6-7(12)10(19-20)11(13,14)15/h2-3,6H,4-5H2,1H3,(H,16,17). The third-order valence-corrected chi connectivity index (χ3v) is 2.76. The molecule has 1 N–H and O–H groups in total. The molecule has 0 aliphatic heterocycles. The van der Waals surface area contributed by atoms with Gasteiger partial charge in [-0.3, -0.25) is 4.68 Å². The first-order valence-electron chi connectivity index (χ1n) is 5.82. The van der Waals surface area contributed by atoms with E-state index in [1.54, 1.807) is 12.1 Å². The van der Waals surface area contributed by atoms with Crippen molar-refractivity contribution in [3.05, 3.63) is 29.0 Å². The van der Waals surface area contributed by atoms with Crippen LogP contribution in [0.3, 0.4) is 0 Å². The minimum absolute atomic E-state index is 0.198. The van der Waals surface area contributed by atoms with Crippen molar-refractivity contribution in [2.45, 2.75) is 12.7 Å². The number of rotatable bonds is 5. The molecule has 2 rings (SSSR count). The van der Waals surface area contributed by atoms with Crippen LogP contribution in [-0.4, -0.2) is 33.6 Å². The minimum atomic E-state index is -4.56. The molecule has 10 heteroatoms. The molecule has 21 heavy (non-hydrogen) atoms. The van der Waals surface area contributed by atoms with Crippen molar-refractivity contribution in [1.29, 1.82) is 0 Å². The minimum Gasteiger partial charge on any atom is -0.480 e. The number of ether oxygens (including phenoxy) is 1. The lowest BCUT2D eigenvalue weighted by Gasteiger charge is -2.06. The predicted molar refractivity (Wildman–Crippen MR) is 69.3 cm³/mol. The van der Waals surface area contributed by atoms with Gasteiger partial charge in [0.25, 0.3) is 0 Å². The summed E-state index contributed by atoms with van der Waals surface area (Å²) in [5.41, 5.74) is -1.09. The van der Waals surface area contributed by atoms with Gasteiger partial charge in [0.15, 0.2) is 5.69 Å². The Balaban J connectivity index is 1.91. The molecule has 0 saturated carbocycles. The Hall–Kier alpha value is -2.03. The molecule has 0 aromatic carbocycles. The van der Waals surface area contributed by atoms with E-state index in [-0.39, 0.29) is 6.54 Å². The average molecular weight is 322 g/mol. The zero-order valence-electron chi connectivity index (χ0n) is 10.9. The van der Waals surface area contributed by atoms with Crippen molar-refractivity contribution in [2.24, 2.45) is 0 Å². The van der Waals surface area contributed by atoms with Gasteiger partial charge in [-0.05, 0) is 6.07 Å². The largest absolute Gasteiger partial charge is 0.480 e. The second-order valence-corrected chi connectivity index (χ2v) is 4.38. The molecule has 0 saturated heterocycles. The first kappa shape index (κ1) is 15.4. The second kappa shape index (κ2) is 6.17. The lowest BCUT2D eigenvalue weighted by atomic mass is 10.4. The Morgan fingerprint density at radius 3 is 2.62 bits per heavy atom. The van der Waals surface area contributed by atoms with Crippen LogP contribution in [0.1, 0.15) is 5.69 Å². The number of nitrogens with one attached hydrogen (secondary N) is 1. The number of hydrogen-bond donors (Lipinski definition) is 1. The van der Waals surface area contributed by atoms with E-state index in [4.69, 9.17) is 16.3 Å². The summed E-state index contributed by atoms with van der Waals surface area (Å²) in [6.45, 7) is 0.514. The smallest absolute Gasteiger partial charge is 0.436 e. The van der Waals surface area contributed by atoms with Crippen molar-refractivity contribution in [3.8, 4) is 5.88 Å². The maximum absolute atomic E-state index is 12.5. The summed E-state index contributed by atoms with van der Waals surface area (Å²) in [6, 6.07) is 3.25. The molecule has 2 aromatic heterocycles. The van der Waals surface area contributed by atoms with Gasteiger partial charge in [0, 0.05) is 18.8 Å². The highest BCUT2D eigenvalue weighted by Crippen LogP contribution is 2.32. The molecule has 2 heterocycles. The van der Waals surface area contributed by atoms with Gasteiger partial charge in [-0.25, -0.2) is 0 Å². The molecule has 0 aliphatic carbocycles. The molecule has 0 amide bonds. The molecule has 2 aromatic rings. The normalized spacial score (nSPS) is 11.5. The molecule has 0 spiro atoms. The van der Waals surface area contributed by atoms with Gasteiger partial charge in [0.1, 0.15) is 5.82 Å². The monoisotopic (exact) mass is 321 g/mol. The van der Waals surface area contributed by atoms with Gasteiger partial charge in [-0.2, -0.15) is 18.3 Å². The Bertz CT molecular complexity index is 599. The van der Waals surface area contributed by atoms with Crippen molar-refractivity contribution in [1.82, 2.24) is 20.0 Å². The zero-order chi connectivity index (χ0) is 15.5. The number of halogens is 4. The number of aromatic nitrogens is 4. The topological polar surface area (TPSA) is 64.9 Å². The van der Waals surface area contributed by atoms with Crippen molar-refractivity contribution >= 4 is 17.4 Å². The van der Waals surface area contributed by atoms with Crippen LogP contribution in [-0.2, 0) is 12.7 Å². The van der Waals surface area contributed by atoms with Crippen molar-refractivity contribution < 1.29 is 17.9 Å². The van der Waals surface area contributed by atoms with E-state index in [2.05, 4.69) is 20.6 Å². The van der Waals surface area contributed by atoms with Crippen LogP contribution >= 0.6 is 11.6 Å². The molecule has 0 atom stereocenters. The van der Waals surface area contributed by atoms with E-state index in [0.29, 0.717) is 18.2 Å². The highest BCUT2D eigenvalue weighted by molar-refractivity contribution is 6.31. The lowest BCUT2D eigenvalue weighted by Crippen LogP contribution is -2.13. The SMILES string of the molecule is COc1ccc(NCCn2cc(Cl)c(C(F)(F)F)n2)nn1. The molecular formula is C11H11ClF3N5O. The van der Waals surface area contributed by atoms with Crippen LogP contribution in [0.5, 0.6) is 5.88 Å². The second-order valence-electron chi connectivity index (χ2n) is 3.97. The fourth-order valence-electron chi connectivity index (χ4n) is 1.53. The van der Waals surface area contributed by atoms with Gasteiger partial charge in [0.05, 0.1) is 18.7 Å². The fraction of sp³-hybridized carbons (Fsp3) is 0.364. The molecule has 0 radical (unpaired) electrons. The first-order chi connectivity index (χ1) is 9.90. The molecule has 0 aliphatic rings. The third kappa shape index (κ3) is 3.97. The Labute approximate surface area is 122 Å². The number of hydrogen-bond acceptors (Lipinski definition) is 5. The maximum atomic E-state index is 12.5. The van der Waals surface area contributed by atoms with E-state index in [1.165, 1.54) is 7.11 Å². The van der Waals surface area contributed by atoms with Gasteiger partial charge in [-0.15, -0.1) is 10.2 Å². The van der Waals surface area contributed by atoms with E-state index < -0.39 is 16.9 Å². The zero-order valence-corrected chi connectivity index (χ0v) is 11.6. The molecule has 114 valence electrons. The Morgan fingerprint density at radius 1 is 1.33 bits per heavy atom. The van der Waals surface area contributed by atoms with Crippen LogP contribution in [0.4, 0.5) is 19.0 Å². The van der Waals surface area contributed by atoms with Crippen molar-refractivity contribution in [2.75, 3.05) is 19.0 Å². The highest BCUT2D eigenvalue weighted by atomic mass is 35.5. The van der Waals surface area contributed by atoms with E-state index >= 15 is 0 Å². The summed E-state index contributed by atoms with van der Waals surface area (Å²) in [6.07, 6.45) is -3.43. The van der Waals surface area contributed by atoms with Crippen LogP contribution < -0.4 is 10.1 Å². The Kier molecular flexibility index (Phi) is 4.51. The van der Waals surface area contributed by atoms with Gasteiger partial charge >= 0.3 is 6.18 Å². The quantitative estimate of drug-likeness (QED) is 0.916. The summed E-state index contributed by atoms with van der Waals surface area (Å²) in [7, 11) is 1.47. The number of methoxy groups -OCH3 is 1. The van der Waals surface area contributed by atoms with Crippen LogP contribution in [0, 0.1) is 0 Å². The van der Waals surface area contributed by atoms with Gasteiger partial charge < -0.3 is 10.1 Å². The molecule has 0 unspecified atom stereocenters. The molecule has 0 bridgehead atoms. The van der Waals surface area contributed by atoms with Crippen LogP contribution in [0.2, 0.25) is 5.02 Å². The van der Waals surface area contributed by atoms with E-state index in [0.717, 1.165) is 10.9 Å². The molecular weight excluding hydrogens is 311 g/mol. The third-order valence-electron chi connectivity index (χ3n) is 2.48. The van der Waals surface area contributed by atoms with Crippen LogP contribution in [0.25, 0.3) is 0 Å². The summed E-state index contributed by atoms with van der Waals surface area (Å²) >= 11 is 5.50. The number of anilines is 1. The number of alkyl halides is 3. The van der Waals surface area contributed by atoms with Crippen molar-refractivity contribution in [3.63, 3.8) is 0 Å². The molecule has 0 fully saturated rings. The van der Waals surface area contributed by atoms with Gasteiger partial charge in [0.2, 0.25) is 5.88 Å². The lowest BCUT2D eigenvalue weighted by molar-refractivity contribution is -0.141. The summed E-state index contributed by atoms with van der Waals surface area (Å²) in [5.74, 6) is 0.847. The predicted octanol–water partition coefficient (Wildman–Crippen LogP) is 2.47. The fourth-order valence-corrected chi connectivity index (χ4v) is 1.78. The maximum Gasteiger partial charge on any atom is 0.436 e. The Morgan fingerprint density at radius 2 is 2.10 bits per heavy atom. The van der Waals surface area contributed by atoms with Gasteiger partial charge in [-0.1, -0.05) is 11.6 Å². The van der Waals surface area contributed by atoms with E-state index in [9.17, 15) is 13.2 Å². The first-order valence-corrected chi connectivity index (χ1v) is 6.19. The summed E-state index contributed by atoms with van der Waals surface area (Å²) in [5, 5.41) is 13.4. The van der Waals surface area contributed by atoms with Crippen LogP contribution in [0.15, 0.2) is 18.3 Å². The summed E-state index contributed by atoms with van der Waals surface area (Å²) < 4.78 is 43.5. The average Bonchev–Trinajstić information content (AvgIpc) is 2.81. The van der Waals surface area contributed by atoms with E-state index in [1.807, 2.05) is 0 Å².